The number of hydrogen-bond acceptors (Lipinski definition) is 2. The van der Waals surface area contributed by atoms with E-state index in [1.807, 2.05) is 24.3 Å². The molecule has 1 unspecified atom stereocenters. The zero-order valence-electron chi connectivity index (χ0n) is 9.49. The van der Waals surface area contributed by atoms with E-state index in [0.717, 1.165) is 18.7 Å². The van der Waals surface area contributed by atoms with Crippen molar-refractivity contribution >= 4 is 0 Å². The van der Waals surface area contributed by atoms with Crippen LogP contribution in [-0.2, 0) is 6.54 Å². The summed E-state index contributed by atoms with van der Waals surface area (Å²) in [4.78, 5) is 0. The molecule has 82 valence electrons. The lowest BCUT2D eigenvalue weighted by Crippen LogP contribution is -2.24. The Morgan fingerprint density at radius 1 is 1.53 bits per heavy atom. The normalized spacial score (nSPS) is 12.1. The van der Waals surface area contributed by atoms with Crippen molar-refractivity contribution in [1.29, 1.82) is 0 Å². The fourth-order valence-electron chi connectivity index (χ4n) is 1.41. The molecule has 0 aromatic heterocycles. The Balaban J connectivity index is 2.46. The van der Waals surface area contributed by atoms with E-state index in [1.54, 1.807) is 7.11 Å². The summed E-state index contributed by atoms with van der Waals surface area (Å²) < 4.78 is 5.17. The van der Waals surface area contributed by atoms with E-state index in [4.69, 9.17) is 4.74 Å². The Kier molecular flexibility index (Phi) is 4.91. The van der Waals surface area contributed by atoms with Gasteiger partial charge >= 0.3 is 0 Å². The van der Waals surface area contributed by atoms with Crippen molar-refractivity contribution in [2.24, 2.45) is 0 Å². The van der Waals surface area contributed by atoms with Crippen molar-refractivity contribution < 1.29 is 4.74 Å². The minimum Gasteiger partial charge on any atom is -0.497 e. The van der Waals surface area contributed by atoms with Crippen LogP contribution in [-0.4, -0.2) is 13.2 Å². The van der Waals surface area contributed by atoms with Crippen LogP contribution >= 0.6 is 0 Å². The lowest BCUT2D eigenvalue weighted by Gasteiger charge is -2.11. The first kappa shape index (κ1) is 11.8. The first-order chi connectivity index (χ1) is 7.26. The number of rotatable bonds is 6. The molecule has 0 heterocycles. The first-order valence-corrected chi connectivity index (χ1v) is 5.23. The van der Waals surface area contributed by atoms with Crippen molar-refractivity contribution in [3.8, 4) is 5.75 Å². The Morgan fingerprint density at radius 3 is 3.00 bits per heavy atom. The number of benzene rings is 1. The average molecular weight is 205 g/mol. The van der Waals surface area contributed by atoms with E-state index in [9.17, 15) is 0 Å². The van der Waals surface area contributed by atoms with E-state index in [0.29, 0.717) is 6.04 Å². The van der Waals surface area contributed by atoms with Crippen molar-refractivity contribution in [3.63, 3.8) is 0 Å². The molecule has 2 heteroatoms. The van der Waals surface area contributed by atoms with E-state index in [-0.39, 0.29) is 0 Å². The van der Waals surface area contributed by atoms with Gasteiger partial charge in [0.05, 0.1) is 7.11 Å². The second-order valence-corrected chi connectivity index (χ2v) is 3.66. The molecule has 15 heavy (non-hydrogen) atoms. The summed E-state index contributed by atoms with van der Waals surface area (Å²) in [5, 5.41) is 3.42. The van der Waals surface area contributed by atoms with Crippen molar-refractivity contribution in [2.45, 2.75) is 25.9 Å². The highest BCUT2D eigenvalue weighted by Gasteiger charge is 1.99. The highest BCUT2D eigenvalue weighted by Crippen LogP contribution is 2.12. The van der Waals surface area contributed by atoms with Crippen LogP contribution in [0.4, 0.5) is 0 Å². The third-order valence-corrected chi connectivity index (χ3v) is 2.31. The Hall–Kier alpha value is -1.28. The largest absolute Gasteiger partial charge is 0.497 e. The van der Waals surface area contributed by atoms with Gasteiger partial charge in [-0.15, -0.1) is 6.58 Å². The van der Waals surface area contributed by atoms with Crippen LogP contribution in [0.5, 0.6) is 5.75 Å². The van der Waals surface area contributed by atoms with Crippen LogP contribution in [0.3, 0.4) is 0 Å². The lowest BCUT2D eigenvalue weighted by atomic mass is 10.2. The summed E-state index contributed by atoms with van der Waals surface area (Å²) in [6.45, 7) is 6.74. The first-order valence-electron chi connectivity index (χ1n) is 5.23. The quantitative estimate of drug-likeness (QED) is 0.721. The molecule has 0 saturated heterocycles. The Morgan fingerprint density at radius 2 is 2.33 bits per heavy atom. The van der Waals surface area contributed by atoms with Gasteiger partial charge in [0.2, 0.25) is 0 Å². The minimum atomic E-state index is 0.466. The predicted octanol–water partition coefficient (Wildman–Crippen LogP) is 2.75. The van der Waals surface area contributed by atoms with Crippen LogP contribution < -0.4 is 10.1 Å². The average Bonchev–Trinajstić information content (AvgIpc) is 2.27. The molecule has 0 aliphatic rings. The Labute approximate surface area is 92.0 Å². The zero-order valence-corrected chi connectivity index (χ0v) is 9.49. The summed E-state index contributed by atoms with van der Waals surface area (Å²) in [6.07, 6.45) is 2.92. The maximum Gasteiger partial charge on any atom is 0.119 e. The summed E-state index contributed by atoms with van der Waals surface area (Å²) in [5.41, 5.74) is 1.24. The molecule has 0 aliphatic carbocycles. The molecule has 1 aromatic rings. The van der Waals surface area contributed by atoms with Gasteiger partial charge in [0.1, 0.15) is 5.75 Å². The molecular formula is C13H19NO. The van der Waals surface area contributed by atoms with Crippen LogP contribution in [0.15, 0.2) is 36.9 Å². The van der Waals surface area contributed by atoms with Gasteiger partial charge in [0, 0.05) is 12.6 Å². The molecule has 0 aliphatic heterocycles. The molecule has 1 N–H and O–H groups in total. The lowest BCUT2D eigenvalue weighted by molar-refractivity contribution is 0.414. The molecule has 0 amide bonds. The molecule has 0 radical (unpaired) electrons. The fourth-order valence-corrected chi connectivity index (χ4v) is 1.41. The highest BCUT2D eigenvalue weighted by atomic mass is 16.5. The Bertz CT molecular complexity index is 309. The number of hydrogen-bond donors (Lipinski definition) is 1. The summed E-state index contributed by atoms with van der Waals surface area (Å²) in [6, 6.07) is 8.57. The second kappa shape index (κ2) is 6.25. The van der Waals surface area contributed by atoms with Crippen molar-refractivity contribution in [2.75, 3.05) is 7.11 Å². The van der Waals surface area contributed by atoms with Gasteiger partial charge in [-0.1, -0.05) is 18.2 Å². The number of methoxy groups -OCH3 is 1. The number of nitrogens with one attached hydrogen (secondary N) is 1. The van der Waals surface area contributed by atoms with Crippen LogP contribution in [0.25, 0.3) is 0 Å². The zero-order chi connectivity index (χ0) is 11.1. The topological polar surface area (TPSA) is 21.3 Å². The van der Waals surface area contributed by atoms with Crippen LogP contribution in [0.2, 0.25) is 0 Å². The maximum absolute atomic E-state index is 5.17. The van der Waals surface area contributed by atoms with Crippen molar-refractivity contribution in [1.82, 2.24) is 5.32 Å². The van der Waals surface area contributed by atoms with Gasteiger partial charge in [0.15, 0.2) is 0 Å². The summed E-state index contributed by atoms with van der Waals surface area (Å²) >= 11 is 0. The maximum atomic E-state index is 5.17. The van der Waals surface area contributed by atoms with Crippen LogP contribution in [0.1, 0.15) is 18.9 Å². The monoisotopic (exact) mass is 205 g/mol. The predicted molar refractivity (Wildman–Crippen MR) is 64.1 cm³/mol. The van der Waals surface area contributed by atoms with E-state index in [1.165, 1.54) is 5.56 Å². The van der Waals surface area contributed by atoms with Crippen LogP contribution in [0, 0.1) is 0 Å². The van der Waals surface area contributed by atoms with Gasteiger partial charge in [-0.3, -0.25) is 0 Å². The van der Waals surface area contributed by atoms with Gasteiger partial charge in [-0.2, -0.15) is 0 Å². The van der Waals surface area contributed by atoms with E-state index < -0.39 is 0 Å². The molecule has 0 bridgehead atoms. The van der Waals surface area contributed by atoms with Gasteiger partial charge in [-0.25, -0.2) is 0 Å². The fraction of sp³-hybridized carbons (Fsp3) is 0.385. The molecule has 1 aromatic carbocycles. The molecule has 0 saturated carbocycles. The molecular weight excluding hydrogens is 186 g/mol. The van der Waals surface area contributed by atoms with E-state index >= 15 is 0 Å². The molecule has 0 spiro atoms. The van der Waals surface area contributed by atoms with E-state index in [2.05, 4.69) is 24.9 Å². The van der Waals surface area contributed by atoms with Gasteiger partial charge in [0.25, 0.3) is 0 Å². The summed E-state index contributed by atoms with van der Waals surface area (Å²) in [5.74, 6) is 0.908. The SMILES string of the molecule is C=CCC(C)NCc1cccc(OC)c1. The highest BCUT2D eigenvalue weighted by molar-refractivity contribution is 5.28. The van der Waals surface area contributed by atoms with Gasteiger partial charge in [-0.05, 0) is 31.0 Å². The van der Waals surface area contributed by atoms with Crippen molar-refractivity contribution in [3.05, 3.63) is 42.5 Å². The molecule has 0 fully saturated rings. The number of ether oxygens (including phenoxy) is 1. The smallest absolute Gasteiger partial charge is 0.119 e. The third kappa shape index (κ3) is 4.17. The molecule has 1 atom stereocenters. The summed E-state index contributed by atoms with van der Waals surface area (Å²) in [7, 11) is 1.69. The van der Waals surface area contributed by atoms with Gasteiger partial charge < -0.3 is 10.1 Å². The second-order valence-electron chi connectivity index (χ2n) is 3.66. The molecule has 2 nitrogen and oxygen atoms in total. The minimum absolute atomic E-state index is 0.466. The third-order valence-electron chi connectivity index (χ3n) is 2.31. The molecule has 1 rings (SSSR count). The standard InChI is InChI=1S/C13H19NO/c1-4-6-11(2)14-10-12-7-5-8-13(9-12)15-3/h4-5,7-9,11,14H,1,6,10H2,2-3H3.